The maximum atomic E-state index is 12.9. The predicted molar refractivity (Wildman–Crippen MR) is 53.7 cm³/mol. The van der Waals surface area contributed by atoms with Crippen LogP contribution < -0.4 is 0 Å². The third kappa shape index (κ3) is 2.13. The second-order valence-corrected chi connectivity index (χ2v) is 4.18. The molecular weight excluding hydrogens is 179 g/mol. The smallest absolute Gasteiger partial charge is 0.123 e. The molecule has 0 radical (unpaired) electrons. The van der Waals surface area contributed by atoms with Crippen LogP contribution in [0.3, 0.4) is 0 Å². The first kappa shape index (κ1) is 9.66. The zero-order valence-corrected chi connectivity index (χ0v) is 8.42. The maximum Gasteiger partial charge on any atom is 0.123 e. The number of aryl methyl sites for hydroxylation is 1. The van der Waals surface area contributed by atoms with Crippen LogP contribution in [0.1, 0.15) is 25.3 Å². The molecule has 0 N–H and O–H groups in total. The number of halogens is 1. The maximum absolute atomic E-state index is 12.9. The van der Waals surface area contributed by atoms with Gasteiger partial charge in [0.05, 0.1) is 12.2 Å². The molecule has 0 bridgehead atoms. The molecule has 1 aliphatic rings. The predicted octanol–water partition coefficient (Wildman–Crippen LogP) is 2.94. The molecule has 0 aliphatic carbocycles. The molecule has 0 amide bonds. The van der Waals surface area contributed by atoms with Crippen molar-refractivity contribution in [2.75, 3.05) is 6.61 Å². The first-order valence-electron chi connectivity index (χ1n) is 5.06. The zero-order chi connectivity index (χ0) is 10.0. The van der Waals surface area contributed by atoms with E-state index < -0.39 is 0 Å². The zero-order valence-electron chi connectivity index (χ0n) is 8.42. The molecule has 0 saturated carbocycles. The first-order valence-corrected chi connectivity index (χ1v) is 5.06. The summed E-state index contributed by atoms with van der Waals surface area (Å²) in [5.74, 6) is -0.151. The van der Waals surface area contributed by atoms with Gasteiger partial charge in [0.2, 0.25) is 0 Å². The van der Waals surface area contributed by atoms with Crippen LogP contribution in [0.5, 0.6) is 0 Å². The number of ether oxygens (including phenoxy) is 1. The Morgan fingerprint density at radius 1 is 1.50 bits per heavy atom. The molecule has 1 aromatic carbocycles. The monoisotopic (exact) mass is 194 g/mol. The number of rotatable bonds is 3. The summed E-state index contributed by atoms with van der Waals surface area (Å²) in [5, 5.41) is 0. The molecule has 1 aromatic rings. The summed E-state index contributed by atoms with van der Waals surface area (Å²) in [6.07, 6.45) is 3.01. The summed E-state index contributed by atoms with van der Waals surface area (Å²) < 4.78 is 18.3. The van der Waals surface area contributed by atoms with E-state index in [2.05, 4.69) is 6.92 Å². The van der Waals surface area contributed by atoms with Gasteiger partial charge in [-0.25, -0.2) is 4.39 Å². The Morgan fingerprint density at radius 3 is 2.86 bits per heavy atom. The van der Waals surface area contributed by atoms with E-state index in [1.807, 2.05) is 6.07 Å². The Hall–Kier alpha value is -0.890. The average molecular weight is 194 g/mol. The van der Waals surface area contributed by atoms with Gasteiger partial charge in [-0.05, 0) is 43.9 Å². The summed E-state index contributed by atoms with van der Waals surface area (Å²) >= 11 is 0. The van der Waals surface area contributed by atoms with Crippen molar-refractivity contribution < 1.29 is 9.13 Å². The van der Waals surface area contributed by atoms with Crippen molar-refractivity contribution in [3.8, 4) is 0 Å². The quantitative estimate of drug-likeness (QED) is 0.718. The van der Waals surface area contributed by atoms with Gasteiger partial charge in [-0.15, -0.1) is 0 Å². The Labute approximate surface area is 83.9 Å². The van der Waals surface area contributed by atoms with Crippen molar-refractivity contribution in [2.45, 2.75) is 31.8 Å². The molecule has 1 nitrogen and oxygen atoms in total. The molecular formula is C12H15FO. The second kappa shape index (κ2) is 3.70. The molecule has 1 unspecified atom stereocenters. The van der Waals surface area contributed by atoms with Crippen LogP contribution in [0.4, 0.5) is 4.39 Å². The fourth-order valence-electron chi connectivity index (χ4n) is 1.75. The Morgan fingerprint density at radius 2 is 2.29 bits per heavy atom. The highest BCUT2D eigenvalue weighted by molar-refractivity contribution is 5.16. The average Bonchev–Trinajstić information content (AvgIpc) is 2.12. The lowest BCUT2D eigenvalue weighted by Crippen LogP contribution is -2.40. The molecule has 2 heteroatoms. The van der Waals surface area contributed by atoms with Crippen molar-refractivity contribution in [3.05, 3.63) is 35.6 Å². The molecule has 2 rings (SSSR count). The van der Waals surface area contributed by atoms with Crippen molar-refractivity contribution >= 4 is 0 Å². The first-order chi connectivity index (χ1) is 6.68. The lowest BCUT2D eigenvalue weighted by Gasteiger charge is -2.38. The van der Waals surface area contributed by atoms with Crippen LogP contribution in [0, 0.1) is 5.82 Å². The van der Waals surface area contributed by atoms with E-state index in [9.17, 15) is 4.39 Å². The fraction of sp³-hybridized carbons (Fsp3) is 0.500. The molecule has 1 aliphatic heterocycles. The van der Waals surface area contributed by atoms with Gasteiger partial charge in [-0.1, -0.05) is 12.1 Å². The lowest BCUT2D eigenvalue weighted by atomic mass is 9.90. The highest BCUT2D eigenvalue weighted by atomic mass is 19.1. The summed E-state index contributed by atoms with van der Waals surface area (Å²) in [6.45, 7) is 3.00. The molecule has 76 valence electrons. The Balaban J connectivity index is 1.91. The summed E-state index contributed by atoms with van der Waals surface area (Å²) in [4.78, 5) is 0. The Kier molecular flexibility index (Phi) is 2.55. The molecule has 1 heterocycles. The van der Waals surface area contributed by atoms with Crippen LogP contribution in [-0.2, 0) is 11.2 Å². The van der Waals surface area contributed by atoms with Crippen molar-refractivity contribution in [1.82, 2.24) is 0 Å². The Bertz CT molecular complexity index is 318. The third-order valence-corrected chi connectivity index (χ3v) is 2.91. The van der Waals surface area contributed by atoms with E-state index >= 15 is 0 Å². The van der Waals surface area contributed by atoms with E-state index in [0.717, 1.165) is 31.4 Å². The van der Waals surface area contributed by atoms with Crippen LogP contribution in [0.25, 0.3) is 0 Å². The van der Waals surface area contributed by atoms with E-state index in [1.54, 1.807) is 12.1 Å². The highest BCUT2D eigenvalue weighted by Crippen LogP contribution is 2.30. The van der Waals surface area contributed by atoms with Crippen LogP contribution in [0.15, 0.2) is 24.3 Å². The van der Waals surface area contributed by atoms with Gasteiger partial charge >= 0.3 is 0 Å². The van der Waals surface area contributed by atoms with Crippen LogP contribution >= 0.6 is 0 Å². The number of benzene rings is 1. The lowest BCUT2D eigenvalue weighted by molar-refractivity contribution is -0.137. The van der Waals surface area contributed by atoms with Gasteiger partial charge in [0.15, 0.2) is 0 Å². The SMILES string of the molecule is CC1(CCc2cccc(F)c2)CCO1. The molecule has 1 saturated heterocycles. The van der Waals surface area contributed by atoms with E-state index in [1.165, 1.54) is 6.07 Å². The topological polar surface area (TPSA) is 9.23 Å². The van der Waals surface area contributed by atoms with Gasteiger partial charge in [-0.2, -0.15) is 0 Å². The van der Waals surface area contributed by atoms with Gasteiger partial charge < -0.3 is 4.74 Å². The molecule has 1 fully saturated rings. The second-order valence-electron chi connectivity index (χ2n) is 4.18. The van der Waals surface area contributed by atoms with Gasteiger partial charge in [0, 0.05) is 0 Å². The van der Waals surface area contributed by atoms with E-state index in [0.29, 0.717) is 0 Å². The molecule has 0 spiro atoms. The summed E-state index contributed by atoms with van der Waals surface area (Å²) in [7, 11) is 0. The van der Waals surface area contributed by atoms with Crippen LogP contribution in [0.2, 0.25) is 0 Å². The third-order valence-electron chi connectivity index (χ3n) is 2.91. The van der Waals surface area contributed by atoms with Crippen molar-refractivity contribution in [1.29, 1.82) is 0 Å². The van der Waals surface area contributed by atoms with Crippen molar-refractivity contribution in [3.63, 3.8) is 0 Å². The summed E-state index contributed by atoms with van der Waals surface area (Å²) in [5.41, 5.74) is 1.11. The van der Waals surface area contributed by atoms with Gasteiger partial charge in [-0.3, -0.25) is 0 Å². The number of hydrogen-bond acceptors (Lipinski definition) is 1. The normalized spacial score (nSPS) is 25.9. The van der Waals surface area contributed by atoms with Gasteiger partial charge in [0.1, 0.15) is 5.82 Å². The standard InChI is InChI=1S/C12H15FO/c1-12(7-8-14-12)6-5-10-3-2-4-11(13)9-10/h2-4,9H,5-8H2,1H3. The minimum absolute atomic E-state index is 0.0479. The molecule has 14 heavy (non-hydrogen) atoms. The van der Waals surface area contributed by atoms with Crippen LogP contribution in [-0.4, -0.2) is 12.2 Å². The highest BCUT2D eigenvalue weighted by Gasteiger charge is 2.32. The van der Waals surface area contributed by atoms with E-state index in [4.69, 9.17) is 4.74 Å². The van der Waals surface area contributed by atoms with Crippen molar-refractivity contribution in [2.24, 2.45) is 0 Å². The minimum Gasteiger partial charge on any atom is -0.375 e. The molecule has 1 atom stereocenters. The fourth-order valence-corrected chi connectivity index (χ4v) is 1.75. The summed E-state index contributed by atoms with van der Waals surface area (Å²) in [6, 6.07) is 6.80. The largest absolute Gasteiger partial charge is 0.375 e. The minimum atomic E-state index is -0.151. The molecule has 0 aromatic heterocycles. The number of hydrogen-bond donors (Lipinski definition) is 0. The van der Waals surface area contributed by atoms with Gasteiger partial charge in [0.25, 0.3) is 0 Å². The van der Waals surface area contributed by atoms with E-state index in [-0.39, 0.29) is 11.4 Å².